The van der Waals surface area contributed by atoms with Crippen molar-refractivity contribution in [2.45, 2.75) is 25.9 Å². The first kappa shape index (κ1) is 15.6. The Morgan fingerprint density at radius 3 is 2.90 bits per heavy atom. The van der Waals surface area contributed by atoms with E-state index in [4.69, 9.17) is 4.74 Å². The summed E-state index contributed by atoms with van der Waals surface area (Å²) < 4.78 is 7.44. The zero-order valence-electron chi connectivity index (χ0n) is 12.8. The molecule has 1 aromatic carbocycles. The van der Waals surface area contributed by atoms with Gasteiger partial charge in [-0.2, -0.15) is 9.78 Å². The van der Waals surface area contributed by atoms with Crippen molar-refractivity contribution in [3.05, 3.63) is 35.7 Å². The SMILES string of the molecule is CSc1nnc(C)n1/N=C\c1cccc(OCC(C)C)c1. The molecule has 0 saturated carbocycles. The van der Waals surface area contributed by atoms with Gasteiger partial charge in [-0.25, -0.2) is 0 Å². The van der Waals surface area contributed by atoms with Crippen molar-refractivity contribution in [1.82, 2.24) is 14.9 Å². The Bertz CT molecular complexity index is 622. The molecular formula is C15H20N4OS. The maximum Gasteiger partial charge on any atom is 0.211 e. The van der Waals surface area contributed by atoms with Gasteiger partial charge < -0.3 is 4.74 Å². The minimum atomic E-state index is 0.506. The summed E-state index contributed by atoms with van der Waals surface area (Å²) in [6.45, 7) is 6.85. The summed E-state index contributed by atoms with van der Waals surface area (Å²) in [5, 5.41) is 13.3. The fourth-order valence-corrected chi connectivity index (χ4v) is 2.15. The van der Waals surface area contributed by atoms with Crippen LogP contribution in [-0.2, 0) is 0 Å². The summed E-state index contributed by atoms with van der Waals surface area (Å²) in [7, 11) is 0. The molecule has 0 N–H and O–H groups in total. The number of thioether (sulfide) groups is 1. The summed E-state index contributed by atoms with van der Waals surface area (Å²) in [5.74, 6) is 2.13. The maximum atomic E-state index is 5.72. The van der Waals surface area contributed by atoms with E-state index in [9.17, 15) is 0 Å². The predicted octanol–water partition coefficient (Wildman–Crippen LogP) is 3.23. The number of nitrogens with zero attached hydrogens (tertiary/aromatic N) is 4. The summed E-state index contributed by atoms with van der Waals surface area (Å²) in [4.78, 5) is 0. The Kier molecular flexibility index (Phi) is 5.38. The first-order chi connectivity index (χ1) is 10.1. The van der Waals surface area contributed by atoms with Gasteiger partial charge in [0.05, 0.1) is 12.8 Å². The molecule has 0 amide bonds. The molecular weight excluding hydrogens is 284 g/mol. The first-order valence-corrected chi connectivity index (χ1v) is 8.06. The summed E-state index contributed by atoms with van der Waals surface area (Å²) in [6.07, 6.45) is 3.74. The van der Waals surface area contributed by atoms with Crippen LogP contribution in [0.2, 0.25) is 0 Å². The van der Waals surface area contributed by atoms with Gasteiger partial charge in [-0.15, -0.1) is 10.2 Å². The van der Waals surface area contributed by atoms with Crippen LogP contribution in [0.25, 0.3) is 0 Å². The molecule has 0 aliphatic heterocycles. The van der Waals surface area contributed by atoms with Crippen LogP contribution in [0.5, 0.6) is 5.75 Å². The average Bonchev–Trinajstić information content (AvgIpc) is 2.83. The standard InChI is InChI=1S/C15H20N4OS/c1-11(2)10-20-14-7-5-6-13(8-14)9-16-19-12(3)17-18-15(19)21-4/h5-9,11H,10H2,1-4H3/b16-9-. The number of rotatable bonds is 6. The largest absolute Gasteiger partial charge is 0.493 e. The second kappa shape index (κ2) is 7.26. The number of aryl methyl sites for hydroxylation is 1. The van der Waals surface area contributed by atoms with Crippen molar-refractivity contribution in [2.75, 3.05) is 12.9 Å². The third-order valence-electron chi connectivity index (χ3n) is 2.71. The smallest absolute Gasteiger partial charge is 0.211 e. The lowest BCUT2D eigenvalue weighted by molar-refractivity contribution is 0.271. The molecule has 0 spiro atoms. The first-order valence-electron chi connectivity index (χ1n) is 6.83. The van der Waals surface area contributed by atoms with Crippen LogP contribution in [0.4, 0.5) is 0 Å². The Balaban J connectivity index is 2.13. The molecule has 0 bridgehead atoms. The van der Waals surface area contributed by atoms with Crippen molar-refractivity contribution in [3.8, 4) is 5.75 Å². The molecule has 0 fully saturated rings. The normalized spacial score (nSPS) is 11.5. The number of ether oxygens (including phenoxy) is 1. The van der Waals surface area contributed by atoms with Crippen molar-refractivity contribution < 1.29 is 4.74 Å². The van der Waals surface area contributed by atoms with Crippen LogP contribution < -0.4 is 4.74 Å². The molecule has 1 aromatic heterocycles. The second-order valence-electron chi connectivity index (χ2n) is 5.07. The topological polar surface area (TPSA) is 52.3 Å². The van der Waals surface area contributed by atoms with Crippen LogP contribution in [-0.4, -0.2) is 34.0 Å². The van der Waals surface area contributed by atoms with E-state index in [1.54, 1.807) is 10.9 Å². The predicted molar refractivity (Wildman–Crippen MR) is 86.3 cm³/mol. The molecule has 0 aliphatic carbocycles. The number of hydrogen-bond donors (Lipinski definition) is 0. The van der Waals surface area contributed by atoms with Gasteiger partial charge in [0.1, 0.15) is 5.75 Å². The highest BCUT2D eigenvalue weighted by Gasteiger charge is 2.05. The van der Waals surface area contributed by atoms with Crippen molar-refractivity contribution >= 4 is 18.0 Å². The van der Waals surface area contributed by atoms with Crippen LogP contribution in [0.15, 0.2) is 34.5 Å². The minimum absolute atomic E-state index is 0.506. The Labute approximate surface area is 129 Å². The van der Waals surface area contributed by atoms with Crippen LogP contribution in [0.1, 0.15) is 25.2 Å². The zero-order valence-corrected chi connectivity index (χ0v) is 13.6. The number of benzene rings is 1. The van der Waals surface area contributed by atoms with Gasteiger partial charge >= 0.3 is 0 Å². The van der Waals surface area contributed by atoms with E-state index in [0.717, 1.165) is 22.3 Å². The molecule has 112 valence electrons. The second-order valence-corrected chi connectivity index (χ2v) is 5.84. The van der Waals surface area contributed by atoms with Gasteiger partial charge in [0, 0.05) is 0 Å². The van der Waals surface area contributed by atoms with Crippen LogP contribution in [0, 0.1) is 12.8 Å². The van der Waals surface area contributed by atoms with E-state index >= 15 is 0 Å². The monoisotopic (exact) mass is 304 g/mol. The third-order valence-corrected chi connectivity index (χ3v) is 3.33. The fraction of sp³-hybridized carbons (Fsp3) is 0.400. The molecule has 1 heterocycles. The number of hydrogen-bond acceptors (Lipinski definition) is 5. The van der Waals surface area contributed by atoms with Gasteiger partial charge in [0.2, 0.25) is 5.16 Å². The number of aromatic nitrogens is 3. The summed E-state index contributed by atoms with van der Waals surface area (Å²) in [5.41, 5.74) is 0.983. The Morgan fingerprint density at radius 1 is 1.38 bits per heavy atom. The molecule has 5 nitrogen and oxygen atoms in total. The summed E-state index contributed by atoms with van der Waals surface area (Å²) >= 11 is 1.52. The molecule has 0 atom stereocenters. The van der Waals surface area contributed by atoms with E-state index in [2.05, 4.69) is 29.1 Å². The van der Waals surface area contributed by atoms with Gasteiger partial charge in [-0.05, 0) is 36.8 Å². The maximum absolute atomic E-state index is 5.72. The van der Waals surface area contributed by atoms with E-state index in [1.807, 2.05) is 37.4 Å². The Hall–Kier alpha value is -1.82. The minimum Gasteiger partial charge on any atom is -0.493 e. The molecule has 2 aromatic rings. The third kappa shape index (κ3) is 4.32. The van der Waals surface area contributed by atoms with E-state index in [0.29, 0.717) is 12.5 Å². The highest BCUT2D eigenvalue weighted by atomic mass is 32.2. The highest BCUT2D eigenvalue weighted by molar-refractivity contribution is 7.98. The van der Waals surface area contributed by atoms with Crippen molar-refractivity contribution in [1.29, 1.82) is 0 Å². The van der Waals surface area contributed by atoms with Crippen LogP contribution >= 0.6 is 11.8 Å². The average molecular weight is 304 g/mol. The van der Waals surface area contributed by atoms with E-state index < -0.39 is 0 Å². The molecule has 0 aliphatic rings. The van der Waals surface area contributed by atoms with E-state index in [1.165, 1.54) is 11.8 Å². The highest BCUT2D eigenvalue weighted by Crippen LogP contribution is 2.15. The lowest BCUT2D eigenvalue weighted by atomic mass is 10.2. The van der Waals surface area contributed by atoms with Gasteiger partial charge in [0.15, 0.2) is 5.82 Å². The molecule has 2 rings (SSSR count). The molecule has 0 saturated heterocycles. The van der Waals surface area contributed by atoms with Gasteiger partial charge in [-0.1, -0.05) is 37.7 Å². The Morgan fingerprint density at radius 2 is 2.19 bits per heavy atom. The van der Waals surface area contributed by atoms with Gasteiger partial charge in [-0.3, -0.25) is 0 Å². The molecule has 21 heavy (non-hydrogen) atoms. The van der Waals surface area contributed by atoms with Crippen molar-refractivity contribution in [3.63, 3.8) is 0 Å². The quantitative estimate of drug-likeness (QED) is 0.607. The lowest BCUT2D eigenvalue weighted by Crippen LogP contribution is -2.04. The molecule has 6 heteroatoms. The fourth-order valence-electron chi connectivity index (χ4n) is 1.67. The van der Waals surface area contributed by atoms with E-state index in [-0.39, 0.29) is 0 Å². The molecule has 0 radical (unpaired) electrons. The zero-order chi connectivity index (χ0) is 15.2. The van der Waals surface area contributed by atoms with Crippen LogP contribution in [0.3, 0.4) is 0 Å². The van der Waals surface area contributed by atoms with Crippen molar-refractivity contribution in [2.24, 2.45) is 11.0 Å². The molecule has 0 unspecified atom stereocenters. The lowest BCUT2D eigenvalue weighted by Gasteiger charge is -2.08. The van der Waals surface area contributed by atoms with Gasteiger partial charge in [0.25, 0.3) is 0 Å². The summed E-state index contributed by atoms with van der Waals surface area (Å²) in [6, 6.07) is 7.89.